The van der Waals surface area contributed by atoms with Gasteiger partial charge in [-0.05, 0) is 68.1 Å². The van der Waals surface area contributed by atoms with Gasteiger partial charge in [0.2, 0.25) is 0 Å². The molecule has 0 bridgehead atoms. The molecule has 1 aliphatic heterocycles. The molecule has 27 heavy (non-hydrogen) atoms. The van der Waals surface area contributed by atoms with Gasteiger partial charge in [0.15, 0.2) is 0 Å². The number of aliphatic carboxylic acids is 1. The molecule has 0 spiro atoms. The van der Waals surface area contributed by atoms with Crippen LogP contribution in [0.2, 0.25) is 5.02 Å². The Hall–Kier alpha value is -2.04. The zero-order valence-electron chi connectivity index (χ0n) is 16.0. The number of hydrogen-bond acceptors (Lipinski definition) is 2. The van der Waals surface area contributed by atoms with Gasteiger partial charge in [-0.15, -0.1) is 0 Å². The summed E-state index contributed by atoms with van der Waals surface area (Å²) in [4.78, 5) is 13.5. The average Bonchev–Trinajstić information content (AvgIpc) is 3.05. The second kappa shape index (κ2) is 8.77. The largest absolute Gasteiger partial charge is 0.481 e. The van der Waals surface area contributed by atoms with Gasteiger partial charge in [-0.1, -0.05) is 23.7 Å². The first-order valence-electron chi connectivity index (χ1n) is 9.49. The van der Waals surface area contributed by atoms with Gasteiger partial charge in [0.05, 0.1) is 5.92 Å². The van der Waals surface area contributed by atoms with Gasteiger partial charge in [-0.2, -0.15) is 0 Å². The monoisotopic (exact) mass is 386 g/mol. The Morgan fingerprint density at radius 3 is 2.85 bits per heavy atom. The number of halogens is 1. The maximum Gasteiger partial charge on any atom is 0.307 e. The zero-order valence-corrected chi connectivity index (χ0v) is 16.7. The van der Waals surface area contributed by atoms with Crippen molar-refractivity contribution in [2.45, 2.75) is 26.2 Å². The highest BCUT2D eigenvalue weighted by Gasteiger charge is 2.24. The van der Waals surface area contributed by atoms with Crippen LogP contribution in [0.1, 0.15) is 36.1 Å². The molecule has 0 radical (unpaired) electrons. The Balaban J connectivity index is 1.79. The third-order valence-corrected chi connectivity index (χ3v) is 5.58. The molecule has 1 fully saturated rings. The first-order valence-corrected chi connectivity index (χ1v) is 9.87. The van der Waals surface area contributed by atoms with E-state index in [2.05, 4.69) is 53.9 Å². The summed E-state index contributed by atoms with van der Waals surface area (Å²) < 4.78 is 2.13. The van der Waals surface area contributed by atoms with E-state index in [9.17, 15) is 9.90 Å². The summed E-state index contributed by atoms with van der Waals surface area (Å²) in [6.07, 6.45) is 6.96. The summed E-state index contributed by atoms with van der Waals surface area (Å²) >= 11 is 6.14. The number of rotatable bonds is 6. The standard InChI is InChI=1S/C22H27ClN2O2/c1-16-14-18(23)9-10-19(16)20(21-8-5-11-24(21)2)7-4-13-25-12-3-6-17(15-25)22(26)27/h5,7-11,14,17H,3-4,6,12-13,15H2,1-2H3,(H,26,27)/b20-7-. The van der Waals surface area contributed by atoms with Crippen LogP contribution in [0.3, 0.4) is 0 Å². The van der Waals surface area contributed by atoms with E-state index in [1.165, 1.54) is 16.8 Å². The van der Waals surface area contributed by atoms with Crippen LogP contribution in [-0.4, -0.2) is 40.2 Å². The molecule has 3 rings (SSSR count). The molecule has 1 aromatic heterocycles. The highest BCUT2D eigenvalue weighted by Crippen LogP contribution is 2.29. The molecule has 5 heteroatoms. The van der Waals surface area contributed by atoms with Crippen molar-refractivity contribution in [2.75, 3.05) is 19.6 Å². The first kappa shape index (κ1) is 19.7. The maximum atomic E-state index is 11.3. The van der Waals surface area contributed by atoms with Crippen LogP contribution in [0.25, 0.3) is 5.57 Å². The fraction of sp³-hybridized carbons (Fsp3) is 0.409. The number of hydrogen-bond donors (Lipinski definition) is 1. The van der Waals surface area contributed by atoms with Gasteiger partial charge in [-0.3, -0.25) is 4.79 Å². The lowest BCUT2D eigenvalue weighted by atomic mass is 9.96. The summed E-state index contributed by atoms with van der Waals surface area (Å²) in [5, 5.41) is 10.0. The van der Waals surface area contributed by atoms with E-state index in [0.717, 1.165) is 42.9 Å². The van der Waals surface area contributed by atoms with Crippen LogP contribution < -0.4 is 0 Å². The Bertz CT molecular complexity index is 841. The van der Waals surface area contributed by atoms with Crippen molar-refractivity contribution < 1.29 is 9.90 Å². The second-order valence-electron chi connectivity index (χ2n) is 7.35. The molecule has 1 aliphatic rings. The summed E-state index contributed by atoms with van der Waals surface area (Å²) in [7, 11) is 2.05. The van der Waals surface area contributed by atoms with E-state index in [-0.39, 0.29) is 5.92 Å². The van der Waals surface area contributed by atoms with Gasteiger partial charge in [0, 0.05) is 42.6 Å². The number of likely N-dealkylation sites (tertiary alicyclic amines) is 1. The number of carboxylic acids is 1. The molecule has 1 saturated heterocycles. The van der Waals surface area contributed by atoms with Crippen molar-refractivity contribution in [1.29, 1.82) is 0 Å². The van der Waals surface area contributed by atoms with Crippen LogP contribution in [-0.2, 0) is 11.8 Å². The summed E-state index contributed by atoms with van der Waals surface area (Å²) in [6.45, 7) is 4.60. The number of carbonyl (C=O) groups is 1. The molecule has 4 nitrogen and oxygen atoms in total. The zero-order chi connectivity index (χ0) is 19.4. The number of piperidine rings is 1. The topological polar surface area (TPSA) is 45.5 Å². The lowest BCUT2D eigenvalue weighted by Gasteiger charge is -2.30. The van der Waals surface area contributed by atoms with Crippen LogP contribution >= 0.6 is 11.6 Å². The SMILES string of the molecule is Cc1cc(Cl)ccc1/C(=C/CCN1CCCC(C(=O)O)C1)c1cccn1C. The van der Waals surface area contributed by atoms with E-state index < -0.39 is 5.97 Å². The van der Waals surface area contributed by atoms with E-state index >= 15 is 0 Å². The number of nitrogens with zero attached hydrogens (tertiary/aromatic N) is 2. The van der Waals surface area contributed by atoms with Crippen LogP contribution in [0, 0.1) is 12.8 Å². The molecule has 0 amide bonds. The first-order chi connectivity index (χ1) is 13.0. The molecule has 0 aliphatic carbocycles. The Morgan fingerprint density at radius 2 is 2.19 bits per heavy atom. The molecule has 1 N–H and O–H groups in total. The highest BCUT2D eigenvalue weighted by molar-refractivity contribution is 6.30. The normalized spacial score (nSPS) is 18.6. The van der Waals surface area contributed by atoms with Crippen LogP contribution in [0.15, 0.2) is 42.6 Å². The Kier molecular flexibility index (Phi) is 6.40. The molecular weight excluding hydrogens is 360 g/mol. The number of aromatic nitrogens is 1. The quantitative estimate of drug-likeness (QED) is 0.788. The number of aryl methyl sites for hydroxylation is 2. The summed E-state index contributed by atoms with van der Waals surface area (Å²) in [5.41, 5.74) is 4.70. The van der Waals surface area contributed by atoms with Gasteiger partial charge in [-0.25, -0.2) is 0 Å². The third-order valence-electron chi connectivity index (χ3n) is 5.35. The number of carboxylic acid groups (broad SMARTS) is 1. The molecule has 2 aromatic rings. The van der Waals surface area contributed by atoms with Crippen LogP contribution in [0.5, 0.6) is 0 Å². The van der Waals surface area contributed by atoms with Crippen molar-refractivity contribution in [3.8, 4) is 0 Å². The van der Waals surface area contributed by atoms with Gasteiger partial charge in [0.25, 0.3) is 0 Å². The molecular formula is C22H27ClN2O2. The van der Waals surface area contributed by atoms with E-state index in [1.54, 1.807) is 0 Å². The average molecular weight is 387 g/mol. The minimum atomic E-state index is -0.670. The van der Waals surface area contributed by atoms with Gasteiger partial charge in [0.1, 0.15) is 0 Å². The smallest absolute Gasteiger partial charge is 0.307 e. The Labute approximate surface area is 166 Å². The lowest BCUT2D eigenvalue weighted by molar-refractivity contribution is -0.143. The fourth-order valence-electron chi connectivity index (χ4n) is 3.87. The van der Waals surface area contributed by atoms with Crippen molar-refractivity contribution >= 4 is 23.1 Å². The van der Waals surface area contributed by atoms with Crippen molar-refractivity contribution in [3.05, 3.63) is 64.4 Å². The molecule has 1 atom stereocenters. The third kappa shape index (κ3) is 4.82. The molecule has 0 saturated carbocycles. The molecule has 1 aromatic carbocycles. The van der Waals surface area contributed by atoms with E-state index in [4.69, 9.17) is 11.6 Å². The predicted molar refractivity (Wildman–Crippen MR) is 110 cm³/mol. The molecule has 2 heterocycles. The maximum absolute atomic E-state index is 11.3. The number of benzene rings is 1. The van der Waals surface area contributed by atoms with E-state index in [0.29, 0.717) is 6.54 Å². The molecule has 1 unspecified atom stereocenters. The van der Waals surface area contributed by atoms with Gasteiger partial charge < -0.3 is 14.6 Å². The molecule has 144 valence electrons. The van der Waals surface area contributed by atoms with E-state index in [1.807, 2.05) is 12.1 Å². The lowest BCUT2D eigenvalue weighted by Crippen LogP contribution is -2.39. The summed E-state index contributed by atoms with van der Waals surface area (Å²) in [5.74, 6) is -0.898. The van der Waals surface area contributed by atoms with Crippen molar-refractivity contribution in [1.82, 2.24) is 9.47 Å². The van der Waals surface area contributed by atoms with Crippen LogP contribution in [0.4, 0.5) is 0 Å². The minimum absolute atomic E-state index is 0.228. The highest BCUT2D eigenvalue weighted by atomic mass is 35.5. The van der Waals surface area contributed by atoms with Crippen molar-refractivity contribution in [3.63, 3.8) is 0 Å². The van der Waals surface area contributed by atoms with Crippen molar-refractivity contribution in [2.24, 2.45) is 13.0 Å². The Morgan fingerprint density at radius 1 is 1.37 bits per heavy atom. The minimum Gasteiger partial charge on any atom is -0.481 e. The summed E-state index contributed by atoms with van der Waals surface area (Å²) in [6, 6.07) is 10.2. The fourth-order valence-corrected chi connectivity index (χ4v) is 4.10. The second-order valence-corrected chi connectivity index (χ2v) is 7.78. The van der Waals surface area contributed by atoms with Gasteiger partial charge >= 0.3 is 5.97 Å². The predicted octanol–water partition coefficient (Wildman–Crippen LogP) is 4.61.